The van der Waals surface area contributed by atoms with Gasteiger partial charge in [0.15, 0.2) is 5.65 Å². The highest BCUT2D eigenvalue weighted by atomic mass is 16.1. The minimum atomic E-state index is -0.290. The van der Waals surface area contributed by atoms with E-state index < -0.39 is 0 Å². The third-order valence-corrected chi connectivity index (χ3v) is 3.02. The molecule has 0 aliphatic heterocycles. The Morgan fingerprint density at radius 2 is 2.11 bits per heavy atom. The van der Waals surface area contributed by atoms with Crippen LogP contribution in [0.5, 0.6) is 0 Å². The Labute approximate surface area is 108 Å². The molecule has 3 aromatic rings. The van der Waals surface area contributed by atoms with Gasteiger partial charge in [-0.25, -0.2) is 19.3 Å². The first-order chi connectivity index (χ1) is 9.24. The lowest BCUT2D eigenvalue weighted by Gasteiger charge is -2.11. The highest BCUT2D eigenvalue weighted by molar-refractivity contribution is 5.37. The minimum absolute atomic E-state index is 0.123. The van der Waals surface area contributed by atoms with Crippen molar-refractivity contribution in [2.45, 2.75) is 12.5 Å². The van der Waals surface area contributed by atoms with Crippen LogP contribution in [0.1, 0.15) is 17.3 Å². The Hall–Kier alpha value is -2.47. The molecule has 6 nitrogen and oxygen atoms in total. The predicted octanol–water partition coefficient (Wildman–Crippen LogP) is 0.660. The molecule has 0 bridgehead atoms. The molecule has 0 amide bonds. The van der Waals surface area contributed by atoms with Gasteiger partial charge >= 0.3 is 5.69 Å². The standard InChI is InChI=1S/C13H13N5O/c14-11(9-4-2-1-3-5-9)6-10-7-12-16-17-13(19)18(12)8-15-10/h1-5,7-8,11H,6,14H2,(H,17,19). The maximum absolute atomic E-state index is 11.3. The molecule has 1 atom stereocenters. The summed E-state index contributed by atoms with van der Waals surface area (Å²) in [4.78, 5) is 15.5. The number of rotatable bonds is 3. The molecule has 2 aromatic heterocycles. The molecular weight excluding hydrogens is 242 g/mol. The summed E-state index contributed by atoms with van der Waals surface area (Å²) in [5.74, 6) is 0. The molecule has 0 saturated heterocycles. The molecule has 3 rings (SSSR count). The summed E-state index contributed by atoms with van der Waals surface area (Å²) in [5, 5.41) is 6.28. The van der Waals surface area contributed by atoms with Gasteiger partial charge in [0.2, 0.25) is 0 Å². The zero-order valence-electron chi connectivity index (χ0n) is 10.2. The van der Waals surface area contributed by atoms with Crippen LogP contribution >= 0.6 is 0 Å². The Bertz CT molecular complexity index is 746. The van der Waals surface area contributed by atoms with Crippen LogP contribution in [0, 0.1) is 0 Å². The van der Waals surface area contributed by atoms with Gasteiger partial charge in [-0.15, -0.1) is 0 Å². The van der Waals surface area contributed by atoms with E-state index in [1.54, 1.807) is 6.07 Å². The summed E-state index contributed by atoms with van der Waals surface area (Å²) >= 11 is 0. The lowest BCUT2D eigenvalue weighted by Crippen LogP contribution is -2.15. The first kappa shape index (κ1) is 11.6. The van der Waals surface area contributed by atoms with Crippen molar-refractivity contribution >= 4 is 5.65 Å². The molecule has 0 fully saturated rings. The number of aromatic amines is 1. The van der Waals surface area contributed by atoms with E-state index in [9.17, 15) is 4.79 Å². The second kappa shape index (κ2) is 4.66. The normalized spacial score (nSPS) is 12.7. The number of nitrogens with zero attached hydrogens (tertiary/aromatic N) is 3. The van der Waals surface area contributed by atoms with Crippen molar-refractivity contribution in [1.82, 2.24) is 19.6 Å². The summed E-state index contributed by atoms with van der Waals surface area (Å²) in [5.41, 5.74) is 8.27. The molecule has 2 heterocycles. The number of hydrogen-bond acceptors (Lipinski definition) is 4. The van der Waals surface area contributed by atoms with Crippen LogP contribution in [0.15, 0.2) is 47.5 Å². The largest absolute Gasteiger partial charge is 0.348 e. The van der Waals surface area contributed by atoms with Crippen molar-refractivity contribution in [2.24, 2.45) is 5.73 Å². The van der Waals surface area contributed by atoms with E-state index in [4.69, 9.17) is 5.73 Å². The van der Waals surface area contributed by atoms with Gasteiger partial charge in [-0.1, -0.05) is 30.3 Å². The van der Waals surface area contributed by atoms with Crippen LogP contribution in [-0.4, -0.2) is 19.6 Å². The quantitative estimate of drug-likeness (QED) is 0.719. The lowest BCUT2D eigenvalue weighted by atomic mass is 10.0. The third-order valence-electron chi connectivity index (χ3n) is 3.02. The van der Waals surface area contributed by atoms with E-state index in [-0.39, 0.29) is 11.7 Å². The van der Waals surface area contributed by atoms with Crippen LogP contribution in [0.25, 0.3) is 5.65 Å². The van der Waals surface area contributed by atoms with E-state index in [0.717, 1.165) is 11.3 Å². The van der Waals surface area contributed by atoms with Gasteiger partial charge in [-0.05, 0) is 5.56 Å². The fraction of sp³-hybridized carbons (Fsp3) is 0.154. The molecule has 0 saturated carbocycles. The maximum atomic E-state index is 11.3. The topological polar surface area (TPSA) is 89.1 Å². The number of aromatic nitrogens is 4. The molecule has 0 spiro atoms. The van der Waals surface area contributed by atoms with E-state index in [2.05, 4.69) is 15.2 Å². The number of fused-ring (bicyclic) bond motifs is 1. The van der Waals surface area contributed by atoms with Crippen molar-refractivity contribution in [3.8, 4) is 0 Å². The molecule has 3 N–H and O–H groups in total. The van der Waals surface area contributed by atoms with Gasteiger partial charge in [0.05, 0.1) is 0 Å². The van der Waals surface area contributed by atoms with E-state index >= 15 is 0 Å². The summed E-state index contributed by atoms with van der Waals surface area (Å²) < 4.78 is 1.36. The van der Waals surface area contributed by atoms with Gasteiger partial charge in [-0.2, -0.15) is 5.10 Å². The Morgan fingerprint density at radius 3 is 2.89 bits per heavy atom. The van der Waals surface area contributed by atoms with E-state index in [1.807, 2.05) is 30.3 Å². The third kappa shape index (κ3) is 2.25. The molecule has 0 radical (unpaired) electrons. The van der Waals surface area contributed by atoms with Crippen LogP contribution in [-0.2, 0) is 6.42 Å². The molecular formula is C13H13N5O. The first-order valence-corrected chi connectivity index (χ1v) is 5.96. The van der Waals surface area contributed by atoms with Gasteiger partial charge in [-0.3, -0.25) is 0 Å². The predicted molar refractivity (Wildman–Crippen MR) is 70.7 cm³/mol. The second-order valence-electron chi connectivity index (χ2n) is 4.36. The summed E-state index contributed by atoms with van der Waals surface area (Å²) in [7, 11) is 0. The zero-order chi connectivity index (χ0) is 13.2. The first-order valence-electron chi connectivity index (χ1n) is 5.96. The minimum Gasteiger partial charge on any atom is -0.324 e. The van der Waals surface area contributed by atoms with E-state index in [0.29, 0.717) is 12.1 Å². The average molecular weight is 255 g/mol. The van der Waals surface area contributed by atoms with Gasteiger partial charge in [0.1, 0.15) is 6.33 Å². The van der Waals surface area contributed by atoms with Gasteiger partial charge in [0.25, 0.3) is 0 Å². The molecule has 6 heteroatoms. The monoisotopic (exact) mass is 255 g/mol. The second-order valence-corrected chi connectivity index (χ2v) is 4.36. The molecule has 0 aliphatic carbocycles. The maximum Gasteiger partial charge on any atom is 0.348 e. The number of H-pyrrole nitrogens is 1. The summed E-state index contributed by atoms with van der Waals surface area (Å²) in [6.45, 7) is 0. The van der Waals surface area contributed by atoms with E-state index in [1.165, 1.54) is 10.7 Å². The number of nitrogens with two attached hydrogens (primary N) is 1. The Balaban J connectivity index is 1.87. The molecule has 19 heavy (non-hydrogen) atoms. The van der Waals surface area contributed by atoms with Gasteiger partial charge < -0.3 is 5.73 Å². The smallest absolute Gasteiger partial charge is 0.324 e. The van der Waals surface area contributed by atoms with Crippen LogP contribution in [0.3, 0.4) is 0 Å². The van der Waals surface area contributed by atoms with Crippen LogP contribution < -0.4 is 11.4 Å². The zero-order valence-corrected chi connectivity index (χ0v) is 10.2. The SMILES string of the molecule is NC(Cc1cc2n[nH]c(=O)n2cn1)c1ccccc1. The molecule has 96 valence electrons. The van der Waals surface area contributed by atoms with Crippen molar-refractivity contribution in [3.05, 3.63) is 64.5 Å². The average Bonchev–Trinajstić information content (AvgIpc) is 2.81. The molecule has 1 aromatic carbocycles. The summed E-state index contributed by atoms with van der Waals surface area (Å²) in [6, 6.07) is 11.5. The summed E-state index contributed by atoms with van der Waals surface area (Å²) in [6.07, 6.45) is 2.07. The molecule has 0 aliphatic rings. The van der Waals surface area contributed by atoms with Crippen LogP contribution in [0.4, 0.5) is 0 Å². The number of nitrogens with one attached hydrogen (secondary N) is 1. The number of benzene rings is 1. The Kier molecular flexibility index (Phi) is 2.85. The fourth-order valence-corrected chi connectivity index (χ4v) is 2.00. The Morgan fingerprint density at radius 1 is 1.32 bits per heavy atom. The van der Waals surface area contributed by atoms with Crippen molar-refractivity contribution < 1.29 is 0 Å². The highest BCUT2D eigenvalue weighted by Gasteiger charge is 2.09. The lowest BCUT2D eigenvalue weighted by molar-refractivity contribution is 0.704. The van der Waals surface area contributed by atoms with Crippen LogP contribution in [0.2, 0.25) is 0 Å². The number of hydrogen-bond donors (Lipinski definition) is 2. The highest BCUT2D eigenvalue weighted by Crippen LogP contribution is 2.14. The van der Waals surface area contributed by atoms with Gasteiger partial charge in [0, 0.05) is 24.2 Å². The molecule has 1 unspecified atom stereocenters. The van der Waals surface area contributed by atoms with Crippen molar-refractivity contribution in [1.29, 1.82) is 0 Å². The van der Waals surface area contributed by atoms with Crippen molar-refractivity contribution in [3.63, 3.8) is 0 Å². The fourth-order valence-electron chi connectivity index (χ4n) is 2.00. The van der Waals surface area contributed by atoms with Crippen molar-refractivity contribution in [2.75, 3.05) is 0 Å².